The standard InChI is InChI=1S/C8H7F/c1-7-3-2-4-8(9)6-5-7/h3-6H,1H3. The molecule has 9 heavy (non-hydrogen) atoms. The molecule has 0 saturated carbocycles. The Morgan fingerprint density at radius 3 is 2.89 bits per heavy atom. The second kappa shape index (κ2) is 2.47. The molecule has 0 aromatic rings. The molecule has 0 aliphatic heterocycles. The summed E-state index contributed by atoms with van der Waals surface area (Å²) in [5.74, 6) is -0.247. The van der Waals surface area contributed by atoms with Crippen LogP contribution < -0.4 is 0 Å². The summed E-state index contributed by atoms with van der Waals surface area (Å²) >= 11 is 0. The molecule has 0 saturated heterocycles. The highest BCUT2D eigenvalue weighted by molar-refractivity contribution is 5.29. The van der Waals surface area contributed by atoms with E-state index in [1.165, 1.54) is 12.2 Å². The molecule has 46 valence electrons. The number of hydrogen-bond donors (Lipinski definition) is 0. The third-order valence-electron chi connectivity index (χ3n) is 1.04. The Bertz CT molecular complexity index is 203. The van der Waals surface area contributed by atoms with Crippen LogP contribution in [0.15, 0.2) is 41.4 Å². The van der Waals surface area contributed by atoms with E-state index < -0.39 is 0 Å². The average Bonchev–Trinajstić information content (AvgIpc) is 1.97. The van der Waals surface area contributed by atoms with Gasteiger partial charge in [-0.15, -0.1) is 5.73 Å². The Morgan fingerprint density at radius 1 is 1.33 bits per heavy atom. The minimum Gasteiger partial charge on any atom is -0.206 e. The van der Waals surface area contributed by atoms with Crippen LogP contribution in [-0.2, 0) is 0 Å². The molecule has 0 aromatic heterocycles. The summed E-state index contributed by atoms with van der Waals surface area (Å²) in [6, 6.07) is 0. The zero-order valence-electron chi connectivity index (χ0n) is 5.19. The predicted octanol–water partition coefficient (Wildman–Crippen LogP) is 2.51. The van der Waals surface area contributed by atoms with Gasteiger partial charge in [-0.3, -0.25) is 0 Å². The molecular formula is C8H7F. The van der Waals surface area contributed by atoms with Crippen molar-refractivity contribution < 1.29 is 4.39 Å². The van der Waals surface area contributed by atoms with Crippen LogP contribution in [0.1, 0.15) is 6.92 Å². The van der Waals surface area contributed by atoms with Gasteiger partial charge in [0.15, 0.2) is 0 Å². The third kappa shape index (κ3) is 1.71. The molecule has 0 nitrogen and oxygen atoms in total. The zero-order valence-corrected chi connectivity index (χ0v) is 5.19. The molecule has 0 fully saturated rings. The second-order valence-electron chi connectivity index (χ2n) is 1.92. The lowest BCUT2D eigenvalue weighted by Crippen LogP contribution is -1.61. The summed E-state index contributed by atoms with van der Waals surface area (Å²) in [7, 11) is 0. The van der Waals surface area contributed by atoms with Crippen LogP contribution in [0.25, 0.3) is 0 Å². The Labute approximate surface area is 53.7 Å². The van der Waals surface area contributed by atoms with Gasteiger partial charge in [0.1, 0.15) is 5.83 Å². The Kier molecular flexibility index (Phi) is 1.66. The van der Waals surface area contributed by atoms with E-state index in [4.69, 9.17) is 0 Å². The van der Waals surface area contributed by atoms with Gasteiger partial charge in [0.05, 0.1) is 0 Å². The number of allylic oxidation sites excluding steroid dienone is 5. The van der Waals surface area contributed by atoms with Gasteiger partial charge >= 0.3 is 0 Å². The summed E-state index contributed by atoms with van der Waals surface area (Å²) in [5.41, 5.74) is 3.70. The SMILES string of the molecule is CC1=CC=C(F)C=C=C1. The second-order valence-corrected chi connectivity index (χ2v) is 1.92. The monoisotopic (exact) mass is 122 g/mol. The van der Waals surface area contributed by atoms with Crippen LogP contribution in [0.4, 0.5) is 4.39 Å². The highest BCUT2D eigenvalue weighted by Gasteiger charge is 1.86. The molecule has 1 aliphatic rings. The fraction of sp³-hybridized carbons (Fsp3) is 0.125. The Hall–Kier alpha value is -1.07. The lowest BCUT2D eigenvalue weighted by atomic mass is 10.3. The first-order chi connectivity index (χ1) is 4.29. The highest BCUT2D eigenvalue weighted by Crippen LogP contribution is 2.04. The van der Waals surface area contributed by atoms with Crippen molar-refractivity contribution in [1.29, 1.82) is 0 Å². The summed E-state index contributed by atoms with van der Waals surface area (Å²) < 4.78 is 12.3. The lowest BCUT2D eigenvalue weighted by Gasteiger charge is -1.79. The first-order valence-corrected chi connectivity index (χ1v) is 2.75. The van der Waals surface area contributed by atoms with Crippen molar-refractivity contribution in [3.63, 3.8) is 0 Å². The van der Waals surface area contributed by atoms with Crippen molar-refractivity contribution in [2.45, 2.75) is 6.92 Å². The third-order valence-corrected chi connectivity index (χ3v) is 1.04. The van der Waals surface area contributed by atoms with E-state index in [0.717, 1.165) is 5.57 Å². The fourth-order valence-corrected chi connectivity index (χ4v) is 0.560. The first-order valence-electron chi connectivity index (χ1n) is 2.75. The molecule has 0 bridgehead atoms. The lowest BCUT2D eigenvalue weighted by molar-refractivity contribution is 0.668. The van der Waals surface area contributed by atoms with Gasteiger partial charge in [-0.1, -0.05) is 6.08 Å². The van der Waals surface area contributed by atoms with Crippen molar-refractivity contribution in [2.75, 3.05) is 0 Å². The normalized spacial score (nSPS) is 16.7. The fourth-order valence-electron chi connectivity index (χ4n) is 0.560. The largest absolute Gasteiger partial charge is 0.206 e. The van der Waals surface area contributed by atoms with Crippen molar-refractivity contribution in [3.05, 3.63) is 41.4 Å². The molecule has 0 unspecified atom stereocenters. The van der Waals surface area contributed by atoms with Gasteiger partial charge in [-0.05, 0) is 24.6 Å². The van der Waals surface area contributed by atoms with Crippen LogP contribution >= 0.6 is 0 Å². The number of rotatable bonds is 0. The minimum absolute atomic E-state index is 0.247. The predicted molar refractivity (Wildman–Crippen MR) is 35.6 cm³/mol. The topological polar surface area (TPSA) is 0 Å². The summed E-state index contributed by atoms with van der Waals surface area (Å²) in [5, 5.41) is 0. The number of hydrogen-bond acceptors (Lipinski definition) is 0. The minimum atomic E-state index is -0.247. The maximum atomic E-state index is 12.3. The molecule has 0 spiro atoms. The quantitative estimate of drug-likeness (QED) is 0.433. The van der Waals surface area contributed by atoms with E-state index in [2.05, 4.69) is 5.73 Å². The molecule has 1 rings (SSSR count). The van der Waals surface area contributed by atoms with Crippen molar-refractivity contribution >= 4 is 0 Å². The van der Waals surface area contributed by atoms with E-state index in [0.29, 0.717) is 0 Å². The molecule has 0 radical (unpaired) electrons. The van der Waals surface area contributed by atoms with E-state index in [1.54, 1.807) is 12.2 Å². The molecule has 0 aromatic carbocycles. The van der Waals surface area contributed by atoms with Crippen molar-refractivity contribution in [1.82, 2.24) is 0 Å². The Morgan fingerprint density at radius 2 is 2.11 bits per heavy atom. The molecule has 0 N–H and O–H groups in total. The van der Waals surface area contributed by atoms with Gasteiger partial charge in [0, 0.05) is 6.08 Å². The van der Waals surface area contributed by atoms with Gasteiger partial charge < -0.3 is 0 Å². The number of halogens is 1. The van der Waals surface area contributed by atoms with Crippen molar-refractivity contribution in [3.8, 4) is 0 Å². The molecule has 0 amide bonds. The van der Waals surface area contributed by atoms with Crippen LogP contribution in [-0.4, -0.2) is 0 Å². The van der Waals surface area contributed by atoms with Crippen LogP contribution in [0.2, 0.25) is 0 Å². The Balaban J connectivity index is 3.00. The molecule has 0 heterocycles. The summed E-state index contributed by atoms with van der Waals surface area (Å²) in [4.78, 5) is 0. The van der Waals surface area contributed by atoms with E-state index in [1.807, 2.05) is 6.92 Å². The van der Waals surface area contributed by atoms with E-state index in [9.17, 15) is 4.39 Å². The molecule has 0 atom stereocenters. The van der Waals surface area contributed by atoms with Crippen molar-refractivity contribution in [2.24, 2.45) is 0 Å². The van der Waals surface area contributed by atoms with Gasteiger partial charge in [0.2, 0.25) is 0 Å². The maximum Gasteiger partial charge on any atom is 0.130 e. The van der Waals surface area contributed by atoms with E-state index >= 15 is 0 Å². The van der Waals surface area contributed by atoms with Crippen LogP contribution in [0.5, 0.6) is 0 Å². The highest BCUT2D eigenvalue weighted by atomic mass is 19.1. The van der Waals surface area contributed by atoms with Crippen LogP contribution in [0, 0.1) is 0 Å². The summed E-state index contributed by atoms with van der Waals surface area (Å²) in [6.07, 6.45) is 6.19. The molecular weight excluding hydrogens is 115 g/mol. The maximum absolute atomic E-state index is 12.3. The van der Waals surface area contributed by atoms with Gasteiger partial charge in [-0.2, -0.15) is 0 Å². The van der Waals surface area contributed by atoms with Gasteiger partial charge in [-0.25, -0.2) is 4.39 Å². The molecule has 1 heteroatoms. The smallest absolute Gasteiger partial charge is 0.130 e. The average molecular weight is 122 g/mol. The van der Waals surface area contributed by atoms with E-state index in [-0.39, 0.29) is 5.83 Å². The zero-order chi connectivity index (χ0) is 6.69. The first kappa shape index (κ1) is 6.06. The van der Waals surface area contributed by atoms with Gasteiger partial charge in [0.25, 0.3) is 0 Å². The summed E-state index contributed by atoms with van der Waals surface area (Å²) in [6.45, 7) is 1.90. The van der Waals surface area contributed by atoms with Crippen LogP contribution in [0.3, 0.4) is 0 Å². The molecule has 1 aliphatic carbocycles.